The second-order valence-electron chi connectivity index (χ2n) is 8.66. The number of rotatable bonds is 0. The maximum Gasteiger partial charge on any atom is 0.155 e. The highest BCUT2D eigenvalue weighted by atomic mass is 16.3. The lowest BCUT2D eigenvalue weighted by atomic mass is 9.51. The quantitative estimate of drug-likeness (QED) is 0.681. The minimum atomic E-state index is -0.244. The van der Waals surface area contributed by atoms with Crippen LogP contribution in [0, 0.1) is 22.7 Å². The number of aliphatic hydroxyl groups is 1. The van der Waals surface area contributed by atoms with Gasteiger partial charge in [0.05, 0.1) is 6.10 Å². The van der Waals surface area contributed by atoms with Crippen LogP contribution in [0.15, 0.2) is 22.8 Å². The lowest BCUT2D eigenvalue weighted by molar-refractivity contribution is -0.116. The molecule has 4 unspecified atom stereocenters. The number of ketones is 1. The average Bonchev–Trinajstić information content (AvgIpc) is 2.75. The van der Waals surface area contributed by atoms with Gasteiger partial charge in [-0.1, -0.05) is 37.5 Å². The highest BCUT2D eigenvalue weighted by Crippen LogP contribution is 2.63. The van der Waals surface area contributed by atoms with Gasteiger partial charge in [-0.15, -0.1) is 0 Å². The van der Waals surface area contributed by atoms with Crippen LogP contribution in [0.2, 0.25) is 0 Å². The molecule has 0 saturated heterocycles. The van der Waals surface area contributed by atoms with Crippen molar-refractivity contribution in [3.05, 3.63) is 22.8 Å². The fraction of sp³-hybridized carbons (Fsp3) is 0.750. The molecule has 5 atom stereocenters. The molecule has 0 aromatic heterocycles. The highest BCUT2D eigenvalue weighted by Gasteiger charge is 2.55. The lowest BCUT2D eigenvalue weighted by Crippen LogP contribution is -2.49. The van der Waals surface area contributed by atoms with Crippen LogP contribution in [0.25, 0.3) is 0 Å². The fourth-order valence-corrected chi connectivity index (χ4v) is 6.16. The van der Waals surface area contributed by atoms with E-state index in [-0.39, 0.29) is 28.6 Å². The molecule has 1 N–H and O–H groups in total. The molecule has 2 nitrogen and oxygen atoms in total. The Hall–Kier alpha value is -0.890. The minimum absolute atomic E-state index is 0.0149. The predicted octanol–water partition coefficient (Wildman–Crippen LogP) is 4.19. The molecular formula is C20H28O2. The van der Waals surface area contributed by atoms with Gasteiger partial charge in [0.25, 0.3) is 0 Å². The normalized spacial score (nSPS) is 47.7. The van der Waals surface area contributed by atoms with Gasteiger partial charge in [0.2, 0.25) is 0 Å². The lowest BCUT2D eigenvalue weighted by Gasteiger charge is -2.54. The van der Waals surface area contributed by atoms with E-state index in [0.717, 1.165) is 25.7 Å². The molecule has 4 rings (SSSR count). The Bertz CT molecular complexity index is 599. The molecule has 0 aromatic rings. The zero-order valence-electron chi connectivity index (χ0n) is 14.1. The summed E-state index contributed by atoms with van der Waals surface area (Å²) in [5.74, 6) is 1.23. The number of carbonyl (C=O) groups excluding carboxylic acids is 1. The number of hydrogen-bond acceptors (Lipinski definition) is 2. The summed E-state index contributed by atoms with van der Waals surface area (Å²) in [6.45, 7) is 7.04. The van der Waals surface area contributed by atoms with Gasteiger partial charge < -0.3 is 5.11 Å². The first kappa shape index (κ1) is 14.7. The van der Waals surface area contributed by atoms with Gasteiger partial charge in [-0.05, 0) is 61.3 Å². The van der Waals surface area contributed by atoms with Crippen molar-refractivity contribution in [2.75, 3.05) is 0 Å². The fourth-order valence-electron chi connectivity index (χ4n) is 6.16. The van der Waals surface area contributed by atoms with Crippen LogP contribution in [-0.2, 0) is 4.79 Å². The topological polar surface area (TPSA) is 37.3 Å². The number of hydrogen-bond donors (Lipinski definition) is 1. The van der Waals surface area contributed by atoms with Crippen molar-refractivity contribution in [1.29, 1.82) is 0 Å². The van der Waals surface area contributed by atoms with E-state index in [1.54, 1.807) is 11.1 Å². The molecule has 0 bridgehead atoms. The van der Waals surface area contributed by atoms with Gasteiger partial charge >= 0.3 is 0 Å². The van der Waals surface area contributed by atoms with Crippen molar-refractivity contribution in [2.24, 2.45) is 22.7 Å². The maximum absolute atomic E-state index is 11.8. The Kier molecular flexibility index (Phi) is 3.05. The summed E-state index contributed by atoms with van der Waals surface area (Å²) < 4.78 is 0. The van der Waals surface area contributed by atoms with Crippen LogP contribution in [0.1, 0.15) is 65.7 Å². The first-order chi connectivity index (χ1) is 10.4. The van der Waals surface area contributed by atoms with Crippen molar-refractivity contribution in [1.82, 2.24) is 0 Å². The van der Waals surface area contributed by atoms with Crippen molar-refractivity contribution in [2.45, 2.75) is 71.8 Å². The van der Waals surface area contributed by atoms with Crippen LogP contribution >= 0.6 is 0 Å². The van der Waals surface area contributed by atoms with Gasteiger partial charge in [-0.3, -0.25) is 4.79 Å². The third-order valence-corrected chi connectivity index (χ3v) is 7.70. The molecule has 4 aliphatic rings. The molecule has 2 fully saturated rings. The van der Waals surface area contributed by atoms with E-state index in [2.05, 4.69) is 20.8 Å². The summed E-state index contributed by atoms with van der Waals surface area (Å²) >= 11 is 0. The number of carbonyl (C=O) groups is 1. The summed E-state index contributed by atoms with van der Waals surface area (Å²) in [5.41, 5.74) is 4.79. The van der Waals surface area contributed by atoms with Gasteiger partial charge in [0, 0.05) is 12.3 Å². The van der Waals surface area contributed by atoms with Crippen LogP contribution in [-0.4, -0.2) is 17.0 Å². The maximum atomic E-state index is 11.8. The Labute approximate surface area is 133 Å². The van der Waals surface area contributed by atoms with E-state index >= 15 is 0 Å². The molecule has 2 saturated carbocycles. The minimum Gasteiger partial charge on any atom is -0.392 e. The summed E-state index contributed by atoms with van der Waals surface area (Å²) in [7, 11) is 0. The van der Waals surface area contributed by atoms with Crippen LogP contribution < -0.4 is 0 Å². The van der Waals surface area contributed by atoms with E-state index in [9.17, 15) is 9.90 Å². The predicted molar refractivity (Wildman–Crippen MR) is 87.3 cm³/mol. The van der Waals surface area contributed by atoms with Crippen LogP contribution in [0.5, 0.6) is 0 Å². The smallest absolute Gasteiger partial charge is 0.155 e. The number of aliphatic hydroxyl groups excluding tert-OH is 1. The Morgan fingerprint density at radius 1 is 1.14 bits per heavy atom. The Balaban J connectivity index is 1.85. The SMILES string of the molecule is CC1CCC2=C3CCC4=CC(=O)CCC4(C)C3[C@@H](O)CC21C. The number of fused-ring (bicyclic) bond motifs is 4. The zero-order chi connectivity index (χ0) is 15.7. The second kappa shape index (κ2) is 4.56. The molecule has 0 aromatic carbocycles. The molecule has 0 radical (unpaired) electrons. The van der Waals surface area contributed by atoms with Crippen molar-refractivity contribution >= 4 is 5.78 Å². The van der Waals surface area contributed by atoms with Crippen molar-refractivity contribution in [3.63, 3.8) is 0 Å². The molecule has 4 aliphatic carbocycles. The monoisotopic (exact) mass is 300 g/mol. The van der Waals surface area contributed by atoms with E-state index in [4.69, 9.17) is 0 Å². The van der Waals surface area contributed by atoms with Crippen LogP contribution in [0.3, 0.4) is 0 Å². The van der Waals surface area contributed by atoms with Crippen LogP contribution in [0.4, 0.5) is 0 Å². The van der Waals surface area contributed by atoms with Gasteiger partial charge in [-0.25, -0.2) is 0 Å². The third kappa shape index (κ3) is 1.73. The first-order valence-corrected chi connectivity index (χ1v) is 9.00. The third-order valence-electron chi connectivity index (χ3n) is 7.70. The summed E-state index contributed by atoms with van der Waals surface area (Å²) in [4.78, 5) is 11.8. The van der Waals surface area contributed by atoms with E-state index < -0.39 is 0 Å². The van der Waals surface area contributed by atoms with E-state index in [0.29, 0.717) is 12.3 Å². The summed E-state index contributed by atoms with van der Waals surface area (Å²) in [6.07, 6.45) is 8.73. The molecule has 0 spiro atoms. The highest BCUT2D eigenvalue weighted by molar-refractivity contribution is 5.91. The van der Waals surface area contributed by atoms with Crippen molar-refractivity contribution < 1.29 is 9.90 Å². The molecule has 0 heterocycles. The molecule has 0 aliphatic heterocycles. The van der Waals surface area contributed by atoms with Gasteiger partial charge in [0.15, 0.2) is 5.78 Å². The van der Waals surface area contributed by atoms with E-state index in [1.807, 2.05) is 6.08 Å². The molecule has 22 heavy (non-hydrogen) atoms. The second-order valence-corrected chi connectivity index (χ2v) is 8.66. The summed E-state index contributed by atoms with van der Waals surface area (Å²) in [5, 5.41) is 11.1. The number of allylic oxidation sites excluding steroid dienone is 3. The average molecular weight is 300 g/mol. The first-order valence-electron chi connectivity index (χ1n) is 9.00. The molecule has 2 heteroatoms. The van der Waals surface area contributed by atoms with Gasteiger partial charge in [-0.2, -0.15) is 0 Å². The molecule has 0 amide bonds. The van der Waals surface area contributed by atoms with Gasteiger partial charge in [0.1, 0.15) is 0 Å². The standard InChI is InChI=1S/C20H28O2/c1-12-4-7-16-15-6-5-13-10-14(21)8-9-19(13,2)18(15)17(22)11-20(12,16)3/h10,12,17-18,22H,4-9,11H2,1-3H3/t12?,17-,18?,19?,20?/m0/s1. The largest absolute Gasteiger partial charge is 0.392 e. The zero-order valence-corrected chi connectivity index (χ0v) is 14.1. The van der Waals surface area contributed by atoms with Crippen molar-refractivity contribution in [3.8, 4) is 0 Å². The Morgan fingerprint density at radius 3 is 2.68 bits per heavy atom. The molecule has 120 valence electrons. The Morgan fingerprint density at radius 2 is 1.91 bits per heavy atom. The van der Waals surface area contributed by atoms with E-state index in [1.165, 1.54) is 18.4 Å². The summed E-state index contributed by atoms with van der Waals surface area (Å²) in [6, 6.07) is 0. The molecular weight excluding hydrogens is 272 g/mol.